The van der Waals surface area contributed by atoms with Crippen LogP contribution in [0.2, 0.25) is 0 Å². The molecule has 1 atom stereocenters. The fourth-order valence-corrected chi connectivity index (χ4v) is 1.76. The number of nitrogens with zero attached hydrogens (tertiary/aromatic N) is 1. The molecule has 1 aliphatic rings. The minimum atomic E-state index is -0.325. The molecule has 1 heterocycles. The predicted molar refractivity (Wildman–Crippen MR) is 58.3 cm³/mol. The van der Waals surface area contributed by atoms with Gasteiger partial charge in [0, 0.05) is 6.54 Å². The average Bonchev–Trinajstić information content (AvgIpc) is 2.08. The second-order valence-electron chi connectivity index (χ2n) is 5.28. The van der Waals surface area contributed by atoms with Gasteiger partial charge in [-0.05, 0) is 11.8 Å². The number of amides is 2. The van der Waals surface area contributed by atoms with E-state index in [1.54, 1.807) is 4.90 Å². The van der Waals surface area contributed by atoms with Gasteiger partial charge in [-0.3, -0.25) is 9.59 Å². The van der Waals surface area contributed by atoms with Crippen molar-refractivity contribution < 1.29 is 9.59 Å². The molecule has 86 valence electrons. The Bertz CT molecular complexity index is 268. The van der Waals surface area contributed by atoms with E-state index in [0.717, 1.165) is 0 Å². The van der Waals surface area contributed by atoms with Crippen LogP contribution >= 0.6 is 0 Å². The van der Waals surface area contributed by atoms with Crippen LogP contribution in [0, 0.1) is 5.41 Å². The van der Waals surface area contributed by atoms with Crippen LogP contribution in [0.5, 0.6) is 0 Å². The second kappa shape index (κ2) is 4.21. The molecule has 4 heteroatoms. The van der Waals surface area contributed by atoms with Crippen LogP contribution < -0.4 is 5.32 Å². The highest BCUT2D eigenvalue weighted by Gasteiger charge is 2.33. The zero-order chi connectivity index (χ0) is 11.6. The van der Waals surface area contributed by atoms with Crippen molar-refractivity contribution in [1.82, 2.24) is 10.2 Å². The van der Waals surface area contributed by atoms with E-state index in [9.17, 15) is 9.59 Å². The molecule has 0 aliphatic carbocycles. The van der Waals surface area contributed by atoms with Gasteiger partial charge in [0.15, 0.2) is 0 Å². The van der Waals surface area contributed by atoms with Gasteiger partial charge in [0.1, 0.15) is 6.04 Å². The normalized spacial score (nSPS) is 22.9. The Labute approximate surface area is 91.0 Å². The predicted octanol–water partition coefficient (Wildman–Crippen LogP) is 0.769. The lowest BCUT2D eigenvalue weighted by atomic mass is 9.95. The molecule has 0 bridgehead atoms. The third-order valence-electron chi connectivity index (χ3n) is 2.35. The lowest BCUT2D eigenvalue weighted by molar-refractivity contribution is -0.145. The summed E-state index contributed by atoms with van der Waals surface area (Å²) in [6.07, 6.45) is 0.658. The molecule has 0 saturated carbocycles. The summed E-state index contributed by atoms with van der Waals surface area (Å²) in [5.74, 6) is -0.00211. The molecule has 1 fully saturated rings. The van der Waals surface area contributed by atoms with Gasteiger partial charge in [-0.1, -0.05) is 27.7 Å². The summed E-state index contributed by atoms with van der Waals surface area (Å²) in [7, 11) is 0. The number of rotatable bonds is 2. The van der Waals surface area contributed by atoms with Gasteiger partial charge in [0.25, 0.3) is 0 Å². The van der Waals surface area contributed by atoms with Crippen molar-refractivity contribution in [3.8, 4) is 0 Å². The highest BCUT2D eigenvalue weighted by atomic mass is 16.2. The summed E-state index contributed by atoms with van der Waals surface area (Å²) in [6, 6.07) is -0.325. The zero-order valence-corrected chi connectivity index (χ0v) is 9.96. The summed E-state index contributed by atoms with van der Waals surface area (Å²) >= 11 is 0. The summed E-state index contributed by atoms with van der Waals surface area (Å²) < 4.78 is 0. The Kier molecular flexibility index (Phi) is 3.37. The van der Waals surface area contributed by atoms with Crippen molar-refractivity contribution in [2.24, 2.45) is 5.41 Å². The topological polar surface area (TPSA) is 49.4 Å². The number of piperazine rings is 1. The highest BCUT2D eigenvalue weighted by Crippen LogP contribution is 2.17. The molecule has 4 nitrogen and oxygen atoms in total. The molecular weight excluding hydrogens is 192 g/mol. The number of carbonyl (C=O) groups excluding carboxylic acids is 2. The Morgan fingerprint density at radius 3 is 2.47 bits per heavy atom. The molecule has 1 unspecified atom stereocenters. The Hall–Kier alpha value is -1.06. The van der Waals surface area contributed by atoms with Crippen molar-refractivity contribution in [3.05, 3.63) is 0 Å². The van der Waals surface area contributed by atoms with E-state index >= 15 is 0 Å². The minimum absolute atomic E-state index is 0.0333. The Morgan fingerprint density at radius 2 is 2.00 bits per heavy atom. The van der Waals surface area contributed by atoms with E-state index < -0.39 is 0 Å². The Balaban J connectivity index is 2.71. The first-order valence-corrected chi connectivity index (χ1v) is 5.41. The van der Waals surface area contributed by atoms with Crippen molar-refractivity contribution in [2.45, 2.75) is 40.2 Å². The lowest BCUT2D eigenvalue weighted by Gasteiger charge is -2.36. The maximum Gasteiger partial charge on any atom is 0.245 e. The molecule has 15 heavy (non-hydrogen) atoms. The molecular formula is C11H20N2O2. The first-order valence-electron chi connectivity index (χ1n) is 5.41. The van der Waals surface area contributed by atoms with Crippen molar-refractivity contribution >= 4 is 11.8 Å². The molecule has 0 aromatic heterocycles. The van der Waals surface area contributed by atoms with Crippen molar-refractivity contribution in [2.75, 3.05) is 13.1 Å². The van der Waals surface area contributed by atoms with Crippen LogP contribution in [0.3, 0.4) is 0 Å². The van der Waals surface area contributed by atoms with Crippen LogP contribution in [0.4, 0.5) is 0 Å². The van der Waals surface area contributed by atoms with Crippen LogP contribution in [0.15, 0.2) is 0 Å². The number of hydrogen-bond acceptors (Lipinski definition) is 2. The van der Waals surface area contributed by atoms with Crippen LogP contribution in [-0.4, -0.2) is 35.8 Å². The van der Waals surface area contributed by atoms with Crippen LogP contribution in [0.25, 0.3) is 0 Å². The molecule has 1 rings (SSSR count). The molecule has 1 aliphatic heterocycles. The van der Waals surface area contributed by atoms with Crippen LogP contribution in [-0.2, 0) is 9.59 Å². The summed E-state index contributed by atoms with van der Waals surface area (Å²) in [5.41, 5.74) is 0.0333. The monoisotopic (exact) mass is 212 g/mol. The van der Waals surface area contributed by atoms with Gasteiger partial charge >= 0.3 is 0 Å². The first kappa shape index (κ1) is 12.0. The molecule has 2 amide bonds. The van der Waals surface area contributed by atoms with Gasteiger partial charge in [0.2, 0.25) is 11.8 Å². The van der Waals surface area contributed by atoms with Gasteiger partial charge in [-0.25, -0.2) is 0 Å². The highest BCUT2D eigenvalue weighted by molar-refractivity contribution is 5.94. The van der Waals surface area contributed by atoms with E-state index in [4.69, 9.17) is 0 Å². The van der Waals surface area contributed by atoms with Crippen LogP contribution in [0.1, 0.15) is 34.1 Å². The Morgan fingerprint density at radius 1 is 1.40 bits per heavy atom. The number of carbonyl (C=O) groups is 2. The molecule has 1 saturated heterocycles. The SMILES string of the molecule is CCC1NC(=O)CN(CC(C)(C)C)C1=O. The van der Waals surface area contributed by atoms with Crippen molar-refractivity contribution in [3.63, 3.8) is 0 Å². The lowest BCUT2D eigenvalue weighted by Crippen LogP contribution is -2.59. The molecule has 1 N–H and O–H groups in total. The molecule has 0 aromatic rings. The average molecular weight is 212 g/mol. The minimum Gasteiger partial charge on any atom is -0.343 e. The fraction of sp³-hybridized carbons (Fsp3) is 0.818. The van der Waals surface area contributed by atoms with E-state index in [0.29, 0.717) is 13.0 Å². The van der Waals surface area contributed by atoms with Crippen molar-refractivity contribution in [1.29, 1.82) is 0 Å². The largest absolute Gasteiger partial charge is 0.343 e. The molecule has 0 aromatic carbocycles. The summed E-state index contributed by atoms with van der Waals surface area (Å²) in [5, 5.41) is 2.70. The third kappa shape index (κ3) is 3.22. The summed E-state index contributed by atoms with van der Waals surface area (Å²) in [6.45, 7) is 8.93. The summed E-state index contributed by atoms with van der Waals surface area (Å²) in [4.78, 5) is 24.9. The van der Waals surface area contributed by atoms with E-state index in [-0.39, 0.29) is 29.8 Å². The zero-order valence-electron chi connectivity index (χ0n) is 9.96. The van der Waals surface area contributed by atoms with E-state index in [2.05, 4.69) is 26.1 Å². The van der Waals surface area contributed by atoms with Gasteiger partial charge in [-0.15, -0.1) is 0 Å². The van der Waals surface area contributed by atoms with Gasteiger partial charge in [-0.2, -0.15) is 0 Å². The standard InChI is InChI=1S/C11H20N2O2/c1-5-8-10(15)13(6-9(14)12-8)7-11(2,3)4/h8H,5-7H2,1-4H3,(H,12,14). The van der Waals surface area contributed by atoms with Gasteiger partial charge < -0.3 is 10.2 Å². The second-order valence-corrected chi connectivity index (χ2v) is 5.28. The smallest absolute Gasteiger partial charge is 0.245 e. The van der Waals surface area contributed by atoms with E-state index in [1.165, 1.54) is 0 Å². The maximum absolute atomic E-state index is 11.9. The molecule has 0 spiro atoms. The quantitative estimate of drug-likeness (QED) is 0.735. The third-order valence-corrected chi connectivity index (χ3v) is 2.35. The molecule has 0 radical (unpaired) electrons. The van der Waals surface area contributed by atoms with E-state index in [1.807, 2.05) is 6.92 Å². The number of hydrogen-bond donors (Lipinski definition) is 1. The maximum atomic E-state index is 11.9. The fourth-order valence-electron chi connectivity index (χ4n) is 1.76. The first-order chi connectivity index (χ1) is 6.83. The number of nitrogens with one attached hydrogen (secondary N) is 1. The van der Waals surface area contributed by atoms with Gasteiger partial charge in [0.05, 0.1) is 6.54 Å².